The van der Waals surface area contributed by atoms with E-state index in [9.17, 15) is 4.79 Å². The Morgan fingerprint density at radius 2 is 2.47 bits per heavy atom. The zero-order valence-corrected chi connectivity index (χ0v) is 10.7. The van der Waals surface area contributed by atoms with E-state index in [1.807, 2.05) is 0 Å². The monoisotopic (exact) mass is 279 g/mol. The molecule has 0 amide bonds. The van der Waals surface area contributed by atoms with Gasteiger partial charge in [0.15, 0.2) is 5.82 Å². The van der Waals surface area contributed by atoms with Gasteiger partial charge in [-0.15, -0.1) is 16.6 Å². The molecule has 0 aliphatic rings. The molecule has 2 rings (SSSR count). The number of rotatable bonds is 4. The number of terminal acetylenes is 1. The van der Waals surface area contributed by atoms with Crippen LogP contribution in [0.5, 0.6) is 0 Å². The second-order valence-electron chi connectivity index (χ2n) is 3.67. The van der Waals surface area contributed by atoms with Crippen LogP contribution in [0.25, 0.3) is 0 Å². The van der Waals surface area contributed by atoms with Crippen LogP contribution in [0.4, 0.5) is 5.69 Å². The third kappa shape index (κ3) is 2.71. The lowest BCUT2D eigenvalue weighted by Gasteiger charge is -2.13. The highest BCUT2D eigenvalue weighted by Crippen LogP contribution is 2.19. The van der Waals surface area contributed by atoms with Gasteiger partial charge in [-0.2, -0.15) is 10.3 Å². The number of aromatic amines is 1. The quantitative estimate of drug-likeness (QED) is 0.776. The van der Waals surface area contributed by atoms with E-state index in [0.29, 0.717) is 5.82 Å². The summed E-state index contributed by atoms with van der Waals surface area (Å²) < 4.78 is 1.14. The van der Waals surface area contributed by atoms with Crippen LogP contribution in [0.1, 0.15) is 18.8 Å². The van der Waals surface area contributed by atoms with Gasteiger partial charge in [0.2, 0.25) is 0 Å². The van der Waals surface area contributed by atoms with Crippen molar-refractivity contribution in [3.8, 4) is 12.3 Å². The summed E-state index contributed by atoms with van der Waals surface area (Å²) in [5.74, 6) is 2.76. The average molecular weight is 280 g/mol. The fraction of sp³-hybridized carbons (Fsp3) is 0.300. The number of anilines is 1. The normalized spacial score (nSPS) is 11.8. The van der Waals surface area contributed by atoms with Crippen molar-refractivity contribution in [1.29, 1.82) is 0 Å². The molecule has 2 heterocycles. The summed E-state index contributed by atoms with van der Waals surface area (Å²) in [5, 5.41) is 20.4. The highest BCUT2D eigenvalue weighted by molar-refractivity contribution is 6.33. The molecule has 2 aromatic rings. The Labute approximate surface area is 113 Å². The molecule has 1 unspecified atom stereocenters. The maximum Gasteiger partial charge on any atom is 0.292 e. The molecule has 0 aliphatic heterocycles. The van der Waals surface area contributed by atoms with Gasteiger partial charge < -0.3 is 5.32 Å². The van der Waals surface area contributed by atoms with Gasteiger partial charge >= 0.3 is 0 Å². The van der Waals surface area contributed by atoms with E-state index < -0.39 is 5.56 Å². The number of hydrogen-bond acceptors (Lipinski definition) is 6. The van der Waals surface area contributed by atoms with Gasteiger partial charge in [-0.05, 0) is 6.92 Å². The number of aromatic nitrogens is 6. The van der Waals surface area contributed by atoms with E-state index in [2.05, 4.69) is 37.0 Å². The molecule has 1 atom stereocenters. The lowest BCUT2D eigenvalue weighted by molar-refractivity contribution is 0.661. The molecule has 0 saturated carbocycles. The van der Waals surface area contributed by atoms with Crippen molar-refractivity contribution in [2.24, 2.45) is 0 Å². The van der Waals surface area contributed by atoms with Gasteiger partial charge in [0.1, 0.15) is 12.2 Å². The minimum Gasteiger partial charge on any atom is -0.369 e. The van der Waals surface area contributed by atoms with Gasteiger partial charge in [0, 0.05) is 0 Å². The largest absolute Gasteiger partial charge is 0.369 e. The first-order valence-electron chi connectivity index (χ1n) is 5.32. The van der Waals surface area contributed by atoms with Crippen molar-refractivity contribution in [2.45, 2.75) is 19.5 Å². The summed E-state index contributed by atoms with van der Waals surface area (Å²) in [4.78, 5) is 12.1. The molecule has 0 spiro atoms. The Morgan fingerprint density at radius 3 is 3.11 bits per heavy atom. The van der Waals surface area contributed by atoms with Crippen molar-refractivity contribution >= 4 is 17.3 Å². The number of hydrogen-bond donors (Lipinski definition) is 2. The number of nitrogens with zero attached hydrogens (tertiary/aromatic N) is 5. The highest BCUT2D eigenvalue weighted by Gasteiger charge is 2.15. The molecule has 98 valence electrons. The van der Waals surface area contributed by atoms with E-state index in [1.54, 1.807) is 6.92 Å². The number of halogens is 1. The van der Waals surface area contributed by atoms with Crippen LogP contribution in [0.3, 0.4) is 0 Å². The molecule has 0 bridgehead atoms. The summed E-state index contributed by atoms with van der Waals surface area (Å²) >= 11 is 5.95. The lowest BCUT2D eigenvalue weighted by atomic mass is 10.3. The van der Waals surface area contributed by atoms with E-state index >= 15 is 0 Å². The maximum atomic E-state index is 12.1. The Kier molecular flexibility index (Phi) is 3.77. The number of H-pyrrole nitrogens is 1. The first-order chi connectivity index (χ1) is 9.13. The zero-order valence-electron chi connectivity index (χ0n) is 9.96. The SMILES string of the molecule is C#CCn1ncc(Cl)c(NC(C)c2nn[nH]n2)c1=O. The number of tetrazole rings is 1. The van der Waals surface area contributed by atoms with E-state index in [4.69, 9.17) is 18.0 Å². The van der Waals surface area contributed by atoms with Crippen molar-refractivity contribution in [3.05, 3.63) is 27.4 Å². The van der Waals surface area contributed by atoms with Crippen LogP contribution in [-0.4, -0.2) is 30.4 Å². The molecule has 2 aromatic heterocycles. The third-order valence-corrected chi connectivity index (χ3v) is 2.64. The van der Waals surface area contributed by atoms with Crippen LogP contribution < -0.4 is 10.9 Å². The van der Waals surface area contributed by atoms with Gasteiger partial charge in [-0.25, -0.2) is 4.68 Å². The van der Waals surface area contributed by atoms with E-state index in [-0.39, 0.29) is 23.3 Å². The first-order valence-corrected chi connectivity index (χ1v) is 5.70. The Balaban J connectivity index is 2.32. The third-order valence-electron chi connectivity index (χ3n) is 2.35. The molecular formula is C10H10ClN7O. The van der Waals surface area contributed by atoms with Crippen molar-refractivity contribution in [1.82, 2.24) is 30.4 Å². The molecule has 0 saturated heterocycles. The van der Waals surface area contributed by atoms with Crippen LogP contribution in [0.2, 0.25) is 5.02 Å². The molecule has 2 N–H and O–H groups in total. The minimum atomic E-state index is -0.402. The van der Waals surface area contributed by atoms with Gasteiger partial charge in [0.05, 0.1) is 17.3 Å². The first kappa shape index (κ1) is 13.0. The molecule has 8 nitrogen and oxygen atoms in total. The summed E-state index contributed by atoms with van der Waals surface area (Å²) in [6, 6.07) is -0.342. The van der Waals surface area contributed by atoms with Gasteiger partial charge in [0.25, 0.3) is 5.56 Å². The van der Waals surface area contributed by atoms with Crippen LogP contribution in [-0.2, 0) is 6.54 Å². The Morgan fingerprint density at radius 1 is 1.68 bits per heavy atom. The Bertz CT molecular complexity index is 658. The second-order valence-corrected chi connectivity index (χ2v) is 4.08. The molecule has 0 aromatic carbocycles. The fourth-order valence-electron chi connectivity index (χ4n) is 1.43. The van der Waals surface area contributed by atoms with Gasteiger partial charge in [-0.1, -0.05) is 22.7 Å². The average Bonchev–Trinajstić information content (AvgIpc) is 2.92. The van der Waals surface area contributed by atoms with Crippen molar-refractivity contribution in [2.75, 3.05) is 5.32 Å². The molecule has 9 heteroatoms. The molecular weight excluding hydrogens is 270 g/mol. The van der Waals surface area contributed by atoms with Crippen LogP contribution >= 0.6 is 11.6 Å². The molecule has 0 fully saturated rings. The molecule has 19 heavy (non-hydrogen) atoms. The topological polar surface area (TPSA) is 101 Å². The van der Waals surface area contributed by atoms with E-state index in [0.717, 1.165) is 4.68 Å². The fourth-order valence-corrected chi connectivity index (χ4v) is 1.61. The smallest absolute Gasteiger partial charge is 0.292 e. The predicted octanol–water partition coefficient (Wildman–Crippen LogP) is 0.216. The standard InChI is InChI=1S/C10H10ClN7O/c1-3-4-18-10(19)8(7(11)5-12-18)13-6(2)9-14-16-17-15-9/h1,5-6,13H,4H2,2H3,(H,14,15,16,17). The Hall–Kier alpha value is -2.40. The molecule has 0 aliphatic carbocycles. The zero-order chi connectivity index (χ0) is 13.8. The predicted molar refractivity (Wildman–Crippen MR) is 68.6 cm³/mol. The van der Waals surface area contributed by atoms with Crippen molar-refractivity contribution < 1.29 is 0 Å². The summed E-state index contributed by atoms with van der Waals surface area (Å²) in [6.07, 6.45) is 6.51. The summed E-state index contributed by atoms with van der Waals surface area (Å²) in [5.41, 5.74) is -0.204. The lowest BCUT2D eigenvalue weighted by Crippen LogP contribution is -2.26. The molecule has 0 radical (unpaired) electrons. The maximum absolute atomic E-state index is 12.1. The van der Waals surface area contributed by atoms with Crippen LogP contribution in [0, 0.1) is 12.3 Å². The summed E-state index contributed by atoms with van der Waals surface area (Å²) in [7, 11) is 0. The second kappa shape index (κ2) is 5.49. The van der Waals surface area contributed by atoms with Crippen LogP contribution in [0.15, 0.2) is 11.0 Å². The minimum absolute atomic E-state index is 0.0707. The van der Waals surface area contributed by atoms with E-state index in [1.165, 1.54) is 6.20 Å². The summed E-state index contributed by atoms with van der Waals surface area (Å²) in [6.45, 7) is 1.84. The van der Waals surface area contributed by atoms with Gasteiger partial charge in [-0.3, -0.25) is 4.79 Å². The highest BCUT2D eigenvalue weighted by atomic mass is 35.5. The van der Waals surface area contributed by atoms with Crippen molar-refractivity contribution in [3.63, 3.8) is 0 Å². The number of nitrogens with one attached hydrogen (secondary N) is 2.